The molecule has 0 spiro atoms. The topological polar surface area (TPSA) is 42.0 Å². The van der Waals surface area contributed by atoms with Gasteiger partial charge in [0.2, 0.25) is 5.91 Å². The third kappa shape index (κ3) is 2.82. The minimum Gasteiger partial charge on any atom is -0.323 e. The lowest BCUT2D eigenvalue weighted by molar-refractivity contribution is -0.111. The Kier molecular flexibility index (Phi) is 3.48. The summed E-state index contributed by atoms with van der Waals surface area (Å²) >= 11 is 0. The summed E-state index contributed by atoms with van der Waals surface area (Å²) in [6, 6.07) is 17.7. The predicted molar refractivity (Wildman–Crippen MR) is 86.0 cm³/mol. The van der Waals surface area contributed by atoms with Gasteiger partial charge in [0.05, 0.1) is 5.69 Å². The lowest BCUT2D eigenvalue weighted by Crippen LogP contribution is -2.07. The Bertz CT molecular complexity index is 824. The van der Waals surface area contributed by atoms with Gasteiger partial charge in [0, 0.05) is 22.8 Å². The van der Waals surface area contributed by atoms with Crippen molar-refractivity contribution in [1.29, 1.82) is 0 Å². The number of nitrogens with zero attached hydrogens (tertiary/aromatic N) is 1. The Balaban J connectivity index is 1.99. The van der Waals surface area contributed by atoms with E-state index in [1.165, 1.54) is 6.08 Å². The summed E-state index contributed by atoms with van der Waals surface area (Å²) in [6.45, 7) is 3.45. The van der Waals surface area contributed by atoms with Crippen LogP contribution in [0.2, 0.25) is 0 Å². The molecule has 3 heteroatoms. The van der Waals surface area contributed by atoms with Gasteiger partial charge in [-0.3, -0.25) is 9.78 Å². The number of hydrogen-bond acceptors (Lipinski definition) is 2. The average Bonchev–Trinajstić information content (AvgIpc) is 2.54. The van der Waals surface area contributed by atoms with E-state index in [0.717, 1.165) is 27.7 Å². The van der Waals surface area contributed by atoms with E-state index in [-0.39, 0.29) is 5.91 Å². The fourth-order valence-electron chi connectivity index (χ4n) is 2.19. The third-order valence-corrected chi connectivity index (χ3v) is 3.24. The first kappa shape index (κ1) is 13.1. The first-order chi connectivity index (χ1) is 10.3. The van der Waals surface area contributed by atoms with Crippen molar-refractivity contribution in [3.63, 3.8) is 0 Å². The van der Waals surface area contributed by atoms with Gasteiger partial charge in [-0.15, -0.1) is 0 Å². The number of aromatic nitrogens is 1. The summed E-state index contributed by atoms with van der Waals surface area (Å²) < 4.78 is 0. The van der Waals surface area contributed by atoms with Gasteiger partial charge in [-0.2, -0.15) is 0 Å². The zero-order valence-corrected chi connectivity index (χ0v) is 11.4. The molecule has 0 fully saturated rings. The number of rotatable bonds is 3. The minimum absolute atomic E-state index is 0.223. The Labute approximate surface area is 123 Å². The van der Waals surface area contributed by atoms with E-state index in [4.69, 9.17) is 0 Å². The monoisotopic (exact) mass is 274 g/mol. The van der Waals surface area contributed by atoms with Crippen LogP contribution in [0.3, 0.4) is 0 Å². The van der Waals surface area contributed by atoms with Crippen molar-refractivity contribution in [3.05, 3.63) is 73.4 Å². The number of amides is 1. The number of hydrogen-bond donors (Lipinski definition) is 1. The van der Waals surface area contributed by atoms with E-state index in [1.54, 1.807) is 0 Å². The first-order valence-corrected chi connectivity index (χ1v) is 6.65. The van der Waals surface area contributed by atoms with Crippen molar-refractivity contribution in [2.45, 2.75) is 0 Å². The molecule has 0 unspecified atom stereocenters. The highest BCUT2D eigenvalue weighted by molar-refractivity contribution is 5.99. The van der Waals surface area contributed by atoms with Crippen molar-refractivity contribution < 1.29 is 4.79 Å². The maximum Gasteiger partial charge on any atom is 0.247 e. The van der Waals surface area contributed by atoms with Gasteiger partial charge in [0.15, 0.2) is 0 Å². The summed E-state index contributed by atoms with van der Waals surface area (Å²) in [5.74, 6) is -0.223. The molecule has 0 saturated heterocycles. The average molecular weight is 274 g/mol. The first-order valence-electron chi connectivity index (χ1n) is 6.65. The van der Waals surface area contributed by atoms with Crippen LogP contribution in [0.1, 0.15) is 0 Å². The van der Waals surface area contributed by atoms with Gasteiger partial charge < -0.3 is 5.32 Å². The van der Waals surface area contributed by atoms with E-state index in [1.807, 2.05) is 54.7 Å². The Morgan fingerprint density at radius 3 is 2.67 bits per heavy atom. The number of anilines is 1. The second-order valence-corrected chi connectivity index (χ2v) is 4.69. The zero-order chi connectivity index (χ0) is 14.7. The summed E-state index contributed by atoms with van der Waals surface area (Å²) in [6.07, 6.45) is 3.11. The van der Waals surface area contributed by atoms with Crippen molar-refractivity contribution in [3.8, 4) is 11.3 Å². The fraction of sp³-hybridized carbons (Fsp3) is 0. The van der Waals surface area contributed by atoms with Crippen LogP contribution in [0.25, 0.3) is 22.0 Å². The van der Waals surface area contributed by atoms with Gasteiger partial charge in [0.25, 0.3) is 0 Å². The lowest BCUT2D eigenvalue weighted by atomic mass is 10.1. The number of benzene rings is 2. The molecule has 102 valence electrons. The second-order valence-electron chi connectivity index (χ2n) is 4.69. The molecule has 0 aliphatic rings. The molecule has 2 aromatic carbocycles. The molecule has 1 heterocycles. The highest BCUT2D eigenvalue weighted by Gasteiger charge is 2.03. The predicted octanol–water partition coefficient (Wildman–Crippen LogP) is 4.03. The van der Waals surface area contributed by atoms with Crippen LogP contribution in [0.5, 0.6) is 0 Å². The van der Waals surface area contributed by atoms with Gasteiger partial charge in [-0.05, 0) is 29.7 Å². The van der Waals surface area contributed by atoms with E-state index in [9.17, 15) is 4.79 Å². The van der Waals surface area contributed by atoms with Gasteiger partial charge in [0.1, 0.15) is 0 Å². The molecule has 3 rings (SSSR count). The minimum atomic E-state index is -0.223. The normalized spacial score (nSPS) is 10.3. The number of nitrogens with one attached hydrogen (secondary N) is 1. The molecule has 1 amide bonds. The smallest absolute Gasteiger partial charge is 0.247 e. The molecule has 21 heavy (non-hydrogen) atoms. The molecule has 0 saturated carbocycles. The molecule has 0 atom stereocenters. The third-order valence-electron chi connectivity index (χ3n) is 3.24. The SMILES string of the molecule is C=CC(=O)Nc1cccc(-c2cc3ccccc3cn2)c1. The van der Waals surface area contributed by atoms with Crippen LogP contribution in [0.15, 0.2) is 73.4 Å². The molecule has 3 nitrogen and oxygen atoms in total. The van der Waals surface area contributed by atoms with Crippen LogP contribution in [-0.4, -0.2) is 10.9 Å². The number of pyridine rings is 1. The standard InChI is InChI=1S/C18H14N2O/c1-2-18(21)20-16-9-5-8-14(10-16)17-11-13-6-3-4-7-15(13)12-19-17/h2-12H,1H2,(H,20,21). The van der Waals surface area contributed by atoms with Crippen LogP contribution in [0, 0.1) is 0 Å². The molecule has 0 aliphatic heterocycles. The molecule has 0 bridgehead atoms. The molecule has 0 radical (unpaired) electrons. The quantitative estimate of drug-likeness (QED) is 0.733. The Hall–Kier alpha value is -2.94. The summed E-state index contributed by atoms with van der Waals surface area (Å²) in [5, 5.41) is 5.00. The maximum absolute atomic E-state index is 11.4. The van der Waals surface area contributed by atoms with Crippen molar-refractivity contribution in [2.24, 2.45) is 0 Å². The van der Waals surface area contributed by atoms with E-state index in [0.29, 0.717) is 0 Å². The number of carbonyl (C=O) groups is 1. The van der Waals surface area contributed by atoms with Crippen LogP contribution < -0.4 is 5.32 Å². The van der Waals surface area contributed by atoms with Crippen molar-refractivity contribution in [1.82, 2.24) is 4.98 Å². The van der Waals surface area contributed by atoms with E-state index < -0.39 is 0 Å². The summed E-state index contributed by atoms with van der Waals surface area (Å²) in [4.78, 5) is 15.8. The maximum atomic E-state index is 11.4. The second kappa shape index (κ2) is 5.59. The molecule has 3 aromatic rings. The van der Waals surface area contributed by atoms with Crippen LogP contribution in [-0.2, 0) is 4.79 Å². The van der Waals surface area contributed by atoms with Crippen molar-refractivity contribution in [2.75, 3.05) is 5.32 Å². The van der Waals surface area contributed by atoms with Gasteiger partial charge in [-0.1, -0.05) is 43.0 Å². The van der Waals surface area contributed by atoms with E-state index in [2.05, 4.69) is 22.9 Å². The molecule has 1 N–H and O–H groups in total. The van der Waals surface area contributed by atoms with Crippen LogP contribution >= 0.6 is 0 Å². The largest absolute Gasteiger partial charge is 0.323 e. The van der Waals surface area contributed by atoms with Gasteiger partial charge in [-0.25, -0.2) is 0 Å². The zero-order valence-electron chi connectivity index (χ0n) is 11.4. The van der Waals surface area contributed by atoms with E-state index >= 15 is 0 Å². The Morgan fingerprint density at radius 2 is 1.86 bits per heavy atom. The molecular weight excluding hydrogens is 260 g/mol. The molecule has 0 aliphatic carbocycles. The lowest BCUT2D eigenvalue weighted by Gasteiger charge is -2.06. The summed E-state index contributed by atoms with van der Waals surface area (Å²) in [5.41, 5.74) is 2.57. The Morgan fingerprint density at radius 1 is 1.05 bits per heavy atom. The molecular formula is C18H14N2O. The number of fused-ring (bicyclic) bond motifs is 1. The fourth-order valence-corrected chi connectivity index (χ4v) is 2.19. The molecule has 1 aromatic heterocycles. The highest BCUT2D eigenvalue weighted by atomic mass is 16.1. The number of carbonyl (C=O) groups excluding carboxylic acids is 1. The van der Waals surface area contributed by atoms with Crippen molar-refractivity contribution >= 4 is 22.4 Å². The highest BCUT2D eigenvalue weighted by Crippen LogP contribution is 2.24. The summed E-state index contributed by atoms with van der Waals surface area (Å²) in [7, 11) is 0. The van der Waals surface area contributed by atoms with Crippen LogP contribution in [0.4, 0.5) is 5.69 Å². The van der Waals surface area contributed by atoms with Gasteiger partial charge >= 0.3 is 0 Å².